The Balaban J connectivity index is 1.40. The second kappa shape index (κ2) is 14.4. The Morgan fingerprint density at radius 2 is 2.06 bits per heavy atom. The maximum Gasteiger partial charge on any atom is 0.339 e. The number of allylic oxidation sites excluding steroid dienone is 2. The van der Waals surface area contributed by atoms with Gasteiger partial charge < -0.3 is 40.1 Å². The largest absolute Gasteiger partial charge is 0.481 e. The predicted molar refractivity (Wildman–Crippen MR) is 198 cm³/mol. The number of carbonyl (C=O) groups is 2. The van der Waals surface area contributed by atoms with Gasteiger partial charge >= 0.3 is 11.6 Å². The number of aryl methyl sites for hydroxylation is 1. The molecule has 5 N–H and O–H groups in total. The van der Waals surface area contributed by atoms with Crippen LogP contribution in [0, 0.1) is 5.92 Å². The summed E-state index contributed by atoms with van der Waals surface area (Å²) >= 11 is 0. The van der Waals surface area contributed by atoms with Crippen LogP contribution >= 0.6 is 21.6 Å². The van der Waals surface area contributed by atoms with E-state index in [0.717, 1.165) is 46.4 Å². The van der Waals surface area contributed by atoms with Gasteiger partial charge in [0.2, 0.25) is 5.91 Å². The first kappa shape index (κ1) is 35.7. The number of benzene rings is 1. The molecule has 1 aromatic carbocycles. The number of ether oxygens (including phenoxy) is 2. The van der Waals surface area contributed by atoms with Crippen molar-refractivity contribution in [3.05, 3.63) is 86.1 Å². The maximum absolute atomic E-state index is 13.9. The highest BCUT2D eigenvalue weighted by Gasteiger charge is 2.64. The number of esters is 1. The Morgan fingerprint density at radius 3 is 2.80 bits per heavy atom. The molecule has 4 aliphatic heterocycles. The topological polar surface area (TPSA) is 165 Å². The lowest BCUT2D eigenvalue weighted by Crippen LogP contribution is -2.65. The standard InChI is InChI=1S/C38H45N3O8S2/c1-3-22(8-12-43)36(46)49-37(2)9-6-24-20-50-51-21-28-7-10-41(28)33(44)15-27-19-40-32(39)16-29(27)34(24)38(37)18-26-14-25-13-23(5-4-11-42)35(45)47-30(25)17-31(26)48-38/h3,6,13-14,16-17,28,34,40,42-43H,4-5,7-12,15,18-21,39H2,1-2H3/b22-3+/t28-,34+,37+,38+/m0/s1. The molecule has 0 saturated carbocycles. The summed E-state index contributed by atoms with van der Waals surface area (Å²) in [6, 6.07) is 5.77. The zero-order valence-electron chi connectivity index (χ0n) is 29.0. The van der Waals surface area contributed by atoms with Crippen molar-refractivity contribution >= 4 is 44.4 Å². The van der Waals surface area contributed by atoms with Gasteiger partial charge in [-0.3, -0.25) is 4.79 Å². The van der Waals surface area contributed by atoms with E-state index in [0.29, 0.717) is 66.3 Å². The third-order valence-electron chi connectivity index (χ3n) is 11.1. The van der Waals surface area contributed by atoms with E-state index in [1.807, 2.05) is 30.0 Å². The van der Waals surface area contributed by atoms with Crippen molar-refractivity contribution in [1.82, 2.24) is 10.2 Å². The van der Waals surface area contributed by atoms with Gasteiger partial charge in [-0.25, -0.2) is 9.59 Å². The Kier molecular flexibility index (Phi) is 10.1. The Morgan fingerprint density at radius 1 is 1.22 bits per heavy atom. The second-order valence-corrected chi connectivity index (χ2v) is 16.6. The highest BCUT2D eigenvalue weighted by Crippen LogP contribution is 2.57. The molecule has 0 bridgehead atoms. The number of dihydropyridines is 1. The van der Waals surface area contributed by atoms with Crippen LogP contribution in [0.25, 0.3) is 11.0 Å². The predicted octanol–water partition coefficient (Wildman–Crippen LogP) is 4.05. The SMILES string of the molecule is C/C=C(\CCO)C(=O)O[C@]1(C)CC=C2CSSC[C@@H]3CCN3C(=O)CC3=C(C=C(N)NC3)[C@@H]2[C@]12Cc1cc3cc(CCCO)c(=O)oc3cc1O2. The molecular formula is C38H45N3O8S2. The number of hydrogen-bond acceptors (Lipinski definition) is 12. The highest BCUT2D eigenvalue weighted by atomic mass is 33.1. The summed E-state index contributed by atoms with van der Waals surface area (Å²) in [6.45, 7) is 4.58. The summed E-state index contributed by atoms with van der Waals surface area (Å²) < 4.78 is 19.5. The van der Waals surface area contributed by atoms with Gasteiger partial charge in [-0.05, 0) is 68.0 Å². The van der Waals surface area contributed by atoms with Crippen molar-refractivity contribution in [2.75, 3.05) is 37.8 Å². The molecule has 11 nitrogen and oxygen atoms in total. The van der Waals surface area contributed by atoms with Gasteiger partial charge in [-0.15, -0.1) is 0 Å². The first-order chi connectivity index (χ1) is 24.6. The molecule has 1 amide bonds. The van der Waals surface area contributed by atoms with E-state index in [1.54, 1.807) is 40.7 Å². The molecule has 1 fully saturated rings. The van der Waals surface area contributed by atoms with Crippen molar-refractivity contribution in [2.45, 2.75) is 76.0 Å². The fraction of sp³-hybridized carbons (Fsp3) is 0.500. The normalized spacial score (nSPS) is 27.8. The lowest BCUT2D eigenvalue weighted by atomic mass is 9.61. The van der Waals surface area contributed by atoms with Gasteiger partial charge in [-0.2, -0.15) is 0 Å². The van der Waals surface area contributed by atoms with E-state index < -0.39 is 28.7 Å². The smallest absolute Gasteiger partial charge is 0.339 e. The maximum atomic E-state index is 13.9. The first-order valence-electron chi connectivity index (χ1n) is 17.6. The average molecular weight is 736 g/mol. The number of nitrogens with zero attached hydrogens (tertiary/aromatic N) is 1. The lowest BCUT2D eigenvalue weighted by Gasteiger charge is -2.53. The molecule has 1 aromatic heterocycles. The van der Waals surface area contributed by atoms with Gasteiger partial charge in [0, 0.05) is 85.7 Å². The average Bonchev–Trinajstić information content (AvgIpc) is 3.45. The number of fused-ring (bicyclic) bond motifs is 6. The molecule has 51 heavy (non-hydrogen) atoms. The Labute approximate surface area is 304 Å². The molecule has 272 valence electrons. The van der Waals surface area contributed by atoms with E-state index in [4.69, 9.17) is 19.6 Å². The minimum Gasteiger partial charge on any atom is -0.481 e. The third kappa shape index (κ3) is 6.51. The number of aliphatic hydroxyl groups excluding tert-OH is 2. The molecule has 4 atom stereocenters. The molecule has 13 heteroatoms. The monoisotopic (exact) mass is 735 g/mol. The van der Waals surface area contributed by atoms with E-state index >= 15 is 0 Å². The molecule has 0 radical (unpaired) electrons. The van der Waals surface area contributed by atoms with Gasteiger partial charge in [0.05, 0.1) is 18.2 Å². The summed E-state index contributed by atoms with van der Waals surface area (Å²) in [5, 5.41) is 23.1. The molecular weight excluding hydrogens is 691 g/mol. The molecule has 1 spiro atoms. The zero-order chi connectivity index (χ0) is 35.9. The molecule has 5 heterocycles. The third-order valence-corrected chi connectivity index (χ3v) is 13.5. The van der Waals surface area contributed by atoms with Crippen molar-refractivity contribution in [2.24, 2.45) is 11.7 Å². The van der Waals surface area contributed by atoms with Crippen LogP contribution in [0.5, 0.6) is 5.75 Å². The number of aliphatic hydroxyl groups is 2. The van der Waals surface area contributed by atoms with E-state index in [9.17, 15) is 24.6 Å². The number of amides is 1. The quantitative estimate of drug-likeness (QED) is 0.106. The van der Waals surface area contributed by atoms with Crippen LogP contribution in [0.4, 0.5) is 0 Å². The van der Waals surface area contributed by atoms with Crippen molar-refractivity contribution < 1.29 is 33.7 Å². The summed E-state index contributed by atoms with van der Waals surface area (Å²) in [5.41, 5.74) is 8.65. The van der Waals surface area contributed by atoms with Gasteiger partial charge in [0.1, 0.15) is 11.3 Å². The summed E-state index contributed by atoms with van der Waals surface area (Å²) in [6.07, 6.45) is 8.69. The summed E-state index contributed by atoms with van der Waals surface area (Å²) in [7, 11) is 3.52. The van der Waals surface area contributed by atoms with Gasteiger partial charge in [0.25, 0.3) is 0 Å². The Hall–Kier alpha value is -3.65. The first-order valence-corrected chi connectivity index (χ1v) is 20.1. The molecule has 1 saturated heterocycles. The molecule has 7 rings (SSSR count). The van der Waals surface area contributed by atoms with Gasteiger partial charge in [0.15, 0.2) is 11.2 Å². The zero-order valence-corrected chi connectivity index (χ0v) is 30.6. The molecule has 2 aromatic rings. The fourth-order valence-corrected chi connectivity index (χ4v) is 10.7. The van der Waals surface area contributed by atoms with Crippen LogP contribution in [0.3, 0.4) is 0 Å². The van der Waals surface area contributed by atoms with E-state index in [2.05, 4.69) is 11.4 Å². The number of carbonyl (C=O) groups excluding carboxylic acids is 2. The molecule has 0 unspecified atom stereocenters. The molecule has 5 aliphatic rings. The van der Waals surface area contributed by atoms with Crippen LogP contribution in [0.2, 0.25) is 0 Å². The van der Waals surface area contributed by atoms with Crippen LogP contribution in [0.15, 0.2) is 73.8 Å². The minimum absolute atomic E-state index is 0.0346. The lowest BCUT2D eigenvalue weighted by molar-refractivity contribution is -0.186. The molecule has 1 aliphatic carbocycles. The Bertz CT molecular complexity index is 1930. The number of nitrogens with two attached hydrogens (primary N) is 1. The summed E-state index contributed by atoms with van der Waals surface area (Å²) in [4.78, 5) is 42.5. The van der Waals surface area contributed by atoms with Crippen LogP contribution in [-0.2, 0) is 27.2 Å². The van der Waals surface area contributed by atoms with Gasteiger partial charge in [-0.1, -0.05) is 39.3 Å². The summed E-state index contributed by atoms with van der Waals surface area (Å²) in [5.74, 6) is 1.65. The van der Waals surface area contributed by atoms with Crippen molar-refractivity contribution in [1.29, 1.82) is 0 Å². The number of nitrogens with one attached hydrogen (secondary N) is 1. The number of rotatable bonds is 7. The van der Waals surface area contributed by atoms with Crippen LogP contribution in [0.1, 0.15) is 57.1 Å². The van der Waals surface area contributed by atoms with Crippen molar-refractivity contribution in [3.63, 3.8) is 0 Å². The van der Waals surface area contributed by atoms with Crippen LogP contribution < -0.4 is 21.4 Å². The van der Waals surface area contributed by atoms with E-state index in [-0.39, 0.29) is 38.0 Å². The minimum atomic E-state index is -1.21. The highest BCUT2D eigenvalue weighted by molar-refractivity contribution is 8.76. The number of hydrogen-bond donors (Lipinski definition) is 4. The van der Waals surface area contributed by atoms with Crippen molar-refractivity contribution in [3.8, 4) is 5.75 Å². The van der Waals surface area contributed by atoms with Crippen LogP contribution in [-0.4, -0.2) is 82.0 Å². The second-order valence-electron chi connectivity index (χ2n) is 14.1. The fourth-order valence-electron chi connectivity index (χ4n) is 8.13. The van der Waals surface area contributed by atoms with E-state index in [1.165, 1.54) is 0 Å².